The molecule has 2 unspecified atom stereocenters. The smallest absolute Gasteiger partial charge is 0.244 e. The van der Waals surface area contributed by atoms with Crippen LogP contribution in [0.4, 0.5) is 5.69 Å². The number of benzene rings is 1. The average Bonchev–Trinajstić information content (AvgIpc) is 3.34. The van der Waals surface area contributed by atoms with Crippen molar-refractivity contribution in [3.8, 4) is 0 Å². The van der Waals surface area contributed by atoms with Crippen molar-refractivity contribution >= 4 is 35.2 Å². The molecule has 7 nitrogen and oxygen atoms in total. The first kappa shape index (κ1) is 25.0. The number of hydrogen-bond acceptors (Lipinski definition) is 5. The van der Waals surface area contributed by atoms with E-state index in [1.807, 2.05) is 44.2 Å². The first-order valence-electron chi connectivity index (χ1n) is 12.2. The molecule has 0 aliphatic carbocycles. The number of aliphatic hydroxyl groups is 1. The van der Waals surface area contributed by atoms with Gasteiger partial charge in [0.2, 0.25) is 17.7 Å². The first-order chi connectivity index (χ1) is 15.9. The van der Waals surface area contributed by atoms with Gasteiger partial charge in [-0.2, -0.15) is 0 Å². The molecule has 186 valence electrons. The first-order valence-corrected chi connectivity index (χ1v) is 13.0. The predicted molar refractivity (Wildman–Crippen MR) is 134 cm³/mol. The number of carbonyl (C=O) groups is 3. The van der Waals surface area contributed by atoms with E-state index in [-0.39, 0.29) is 41.5 Å². The second-order valence-electron chi connectivity index (χ2n) is 11.8. The second kappa shape index (κ2) is 8.86. The van der Waals surface area contributed by atoms with Crippen molar-refractivity contribution in [2.75, 3.05) is 18.5 Å². The summed E-state index contributed by atoms with van der Waals surface area (Å²) in [5, 5.41) is 15.9. The number of anilines is 1. The molecule has 1 aromatic carbocycles. The van der Waals surface area contributed by atoms with Gasteiger partial charge in [0.25, 0.3) is 0 Å². The number of para-hydroxylation sites is 1. The number of aliphatic hydroxyl groups excluding tert-OH is 1. The summed E-state index contributed by atoms with van der Waals surface area (Å²) >= 11 is 1.64. The number of fused-ring (bicyclic) bond motifs is 1. The van der Waals surface area contributed by atoms with Gasteiger partial charge in [0, 0.05) is 23.0 Å². The maximum absolute atomic E-state index is 13.8. The zero-order chi connectivity index (χ0) is 24.9. The lowest BCUT2D eigenvalue weighted by Gasteiger charge is -2.38. The summed E-state index contributed by atoms with van der Waals surface area (Å²) in [4.78, 5) is 42.4. The number of likely N-dealkylation sites (tertiary alicyclic amines) is 1. The second-order valence-corrected chi connectivity index (χ2v) is 13.4. The summed E-state index contributed by atoms with van der Waals surface area (Å²) in [6, 6.07) is 8.56. The molecule has 3 aliphatic rings. The minimum absolute atomic E-state index is 0.00632. The van der Waals surface area contributed by atoms with Crippen LogP contribution in [0.15, 0.2) is 30.3 Å². The number of rotatable bonds is 7. The molecule has 3 heterocycles. The molecule has 2 bridgehead atoms. The number of amides is 3. The van der Waals surface area contributed by atoms with Crippen LogP contribution in [0.2, 0.25) is 0 Å². The van der Waals surface area contributed by atoms with Crippen LogP contribution in [-0.2, 0) is 14.4 Å². The molecule has 3 saturated heterocycles. The Morgan fingerprint density at radius 1 is 1.15 bits per heavy atom. The monoisotopic (exact) mass is 487 g/mol. The number of carbonyl (C=O) groups excluding carboxylic acids is 3. The lowest BCUT2D eigenvalue weighted by Crippen LogP contribution is -2.58. The van der Waals surface area contributed by atoms with Crippen LogP contribution in [-0.4, -0.2) is 62.5 Å². The Morgan fingerprint density at radius 3 is 2.44 bits per heavy atom. The summed E-state index contributed by atoms with van der Waals surface area (Å²) in [7, 11) is 0. The van der Waals surface area contributed by atoms with Crippen LogP contribution in [0.5, 0.6) is 0 Å². The van der Waals surface area contributed by atoms with E-state index in [2.05, 4.69) is 31.4 Å². The fourth-order valence-electron chi connectivity index (χ4n) is 6.62. The van der Waals surface area contributed by atoms with Gasteiger partial charge in [0.05, 0.1) is 23.2 Å². The third-order valence-electron chi connectivity index (χ3n) is 7.17. The van der Waals surface area contributed by atoms with E-state index < -0.39 is 28.2 Å². The van der Waals surface area contributed by atoms with Crippen molar-refractivity contribution in [2.45, 2.75) is 75.5 Å². The van der Waals surface area contributed by atoms with Crippen molar-refractivity contribution in [1.82, 2.24) is 10.2 Å². The van der Waals surface area contributed by atoms with Gasteiger partial charge in [-0.25, -0.2) is 0 Å². The molecule has 1 aromatic rings. The third-order valence-corrected chi connectivity index (χ3v) is 9.12. The van der Waals surface area contributed by atoms with Crippen LogP contribution in [0, 0.1) is 17.3 Å². The zero-order valence-corrected chi connectivity index (χ0v) is 21.6. The van der Waals surface area contributed by atoms with Crippen LogP contribution in [0.3, 0.4) is 0 Å². The molecule has 34 heavy (non-hydrogen) atoms. The molecule has 3 N–H and O–H groups in total. The maximum Gasteiger partial charge on any atom is 0.244 e. The van der Waals surface area contributed by atoms with Crippen molar-refractivity contribution in [1.29, 1.82) is 0 Å². The Labute approximate surface area is 206 Å². The Balaban J connectivity index is 1.62. The van der Waals surface area contributed by atoms with E-state index in [1.165, 1.54) is 4.90 Å². The minimum atomic E-state index is -0.694. The molecule has 8 heteroatoms. The molecule has 0 saturated carbocycles. The largest absolute Gasteiger partial charge is 0.395 e. The Kier molecular flexibility index (Phi) is 6.53. The van der Waals surface area contributed by atoms with Gasteiger partial charge >= 0.3 is 0 Å². The van der Waals surface area contributed by atoms with Gasteiger partial charge in [0.15, 0.2) is 0 Å². The van der Waals surface area contributed by atoms with E-state index in [1.54, 1.807) is 11.8 Å². The van der Waals surface area contributed by atoms with E-state index in [0.29, 0.717) is 12.1 Å². The highest BCUT2D eigenvalue weighted by Gasteiger charge is 2.73. The molecule has 1 spiro atoms. The van der Waals surface area contributed by atoms with E-state index in [0.717, 1.165) is 12.8 Å². The molecule has 0 radical (unpaired) electrons. The third kappa shape index (κ3) is 4.47. The van der Waals surface area contributed by atoms with Crippen LogP contribution >= 0.6 is 11.8 Å². The number of hydrogen-bond donors (Lipinski definition) is 3. The Morgan fingerprint density at radius 2 is 1.82 bits per heavy atom. The van der Waals surface area contributed by atoms with Gasteiger partial charge in [0.1, 0.15) is 6.04 Å². The highest BCUT2D eigenvalue weighted by atomic mass is 32.2. The average molecular weight is 488 g/mol. The maximum atomic E-state index is 13.8. The van der Waals surface area contributed by atoms with E-state index in [4.69, 9.17) is 0 Å². The van der Waals surface area contributed by atoms with Crippen molar-refractivity contribution in [3.63, 3.8) is 0 Å². The highest BCUT2D eigenvalue weighted by molar-refractivity contribution is 8.02. The normalized spacial score (nSPS) is 30.4. The van der Waals surface area contributed by atoms with Crippen molar-refractivity contribution in [3.05, 3.63) is 30.3 Å². The summed E-state index contributed by atoms with van der Waals surface area (Å²) < 4.78 is -0.641. The Bertz CT molecular complexity index is 961. The zero-order valence-electron chi connectivity index (χ0n) is 20.8. The molecular formula is C26H37N3O4S. The SMILES string of the molecule is CC(C)(C)CC(C)(C)NC(=O)C1N(CCO)C(=O)[C@@H]2[C@H](C(=O)Nc3ccccc3)[C@@H]3CCC12S3. The van der Waals surface area contributed by atoms with Gasteiger partial charge in [-0.15, -0.1) is 11.8 Å². The predicted octanol–water partition coefficient (Wildman–Crippen LogP) is 3.04. The van der Waals surface area contributed by atoms with Crippen LogP contribution in [0.1, 0.15) is 53.9 Å². The standard InChI is InChI=1S/C26H37N3O4S/c1-24(2,3)15-25(4,5)28-22(32)20-26-12-11-17(34-26)18(19(26)23(33)29(20)13-14-30)21(31)27-16-9-7-6-8-10-16/h6-10,17-20,30H,11-15H2,1-5H3,(H,27,31)(H,28,32)/t17-,18+,19-,20?,26?/m0/s1. The minimum Gasteiger partial charge on any atom is -0.395 e. The lowest BCUT2D eigenvalue weighted by atomic mass is 9.70. The number of β-amino-alcohol motifs (C(OH)–C–C–N with tert-alkyl or cyclic N) is 1. The quantitative estimate of drug-likeness (QED) is 0.549. The molecular weight excluding hydrogens is 450 g/mol. The number of nitrogens with one attached hydrogen (secondary N) is 2. The van der Waals surface area contributed by atoms with Crippen LogP contribution in [0.25, 0.3) is 0 Å². The van der Waals surface area contributed by atoms with Crippen molar-refractivity contribution in [2.24, 2.45) is 17.3 Å². The lowest BCUT2D eigenvalue weighted by molar-refractivity contribution is -0.139. The molecule has 3 aliphatic heterocycles. The summed E-state index contributed by atoms with van der Waals surface area (Å²) in [5.41, 5.74) is 0.267. The number of nitrogens with zero attached hydrogens (tertiary/aromatic N) is 1. The van der Waals surface area contributed by atoms with Gasteiger partial charge in [-0.05, 0) is 50.7 Å². The Hall–Kier alpha value is -2.06. The topological polar surface area (TPSA) is 98.7 Å². The molecule has 3 fully saturated rings. The van der Waals surface area contributed by atoms with Gasteiger partial charge < -0.3 is 20.6 Å². The fourth-order valence-corrected chi connectivity index (χ4v) is 8.84. The van der Waals surface area contributed by atoms with E-state index in [9.17, 15) is 19.5 Å². The van der Waals surface area contributed by atoms with Gasteiger partial charge in [-0.1, -0.05) is 39.0 Å². The van der Waals surface area contributed by atoms with Crippen molar-refractivity contribution < 1.29 is 19.5 Å². The number of thioether (sulfide) groups is 1. The fraction of sp³-hybridized carbons (Fsp3) is 0.654. The highest BCUT2D eigenvalue weighted by Crippen LogP contribution is 2.66. The van der Waals surface area contributed by atoms with E-state index >= 15 is 0 Å². The van der Waals surface area contributed by atoms with Crippen LogP contribution < -0.4 is 10.6 Å². The summed E-state index contributed by atoms with van der Waals surface area (Å²) in [6.07, 6.45) is 2.29. The molecule has 5 atom stereocenters. The summed E-state index contributed by atoms with van der Waals surface area (Å²) in [5.74, 6) is -1.59. The van der Waals surface area contributed by atoms with Gasteiger partial charge in [-0.3, -0.25) is 14.4 Å². The molecule has 3 amide bonds. The molecule has 0 aromatic heterocycles. The summed E-state index contributed by atoms with van der Waals surface area (Å²) in [6.45, 7) is 10.3. The molecule has 4 rings (SSSR count).